The molecule has 1 aliphatic heterocycles. The first-order valence-corrected chi connectivity index (χ1v) is 11.5. The molecule has 2 aromatic rings. The topological polar surface area (TPSA) is 36.9 Å². The molecular formula is C26H32FN3O. The summed E-state index contributed by atoms with van der Waals surface area (Å²) in [5, 5.41) is 5.46. The van der Waals surface area contributed by atoms with Crippen LogP contribution in [0.25, 0.3) is 5.70 Å². The number of aliphatic imine (C=N–C) groups is 1. The maximum atomic E-state index is 13.4. The molecule has 0 unspecified atom stereocenters. The number of nitrogens with one attached hydrogen (secondary N) is 1. The smallest absolute Gasteiger partial charge is 0.150 e. The van der Waals surface area contributed by atoms with Crippen LogP contribution in [0.4, 0.5) is 10.1 Å². The lowest BCUT2D eigenvalue weighted by Crippen LogP contribution is -2.36. The Labute approximate surface area is 184 Å². The van der Waals surface area contributed by atoms with Crippen LogP contribution in [-0.4, -0.2) is 30.1 Å². The summed E-state index contributed by atoms with van der Waals surface area (Å²) in [5.41, 5.74) is 4.04. The van der Waals surface area contributed by atoms with Crippen LogP contribution in [0.15, 0.2) is 59.6 Å². The van der Waals surface area contributed by atoms with E-state index in [1.165, 1.54) is 37.0 Å². The van der Waals surface area contributed by atoms with Crippen LogP contribution >= 0.6 is 0 Å². The molecule has 164 valence electrons. The standard InChI is InChI=1S/C26H32FN3O/c1-20-9-5-6-12-24(20)25(28-23-15-13-21(27)14-16-23)19-26(30-17-7-8-18-31-30)29-22-10-3-2-4-11-22/h5-6,9,12-16,19,22,28H,2-4,7-8,10-11,17-18H2,1H3/b25-19-,29-26-. The zero-order chi connectivity index (χ0) is 21.5. The Bertz CT molecular complexity index is 911. The number of nitrogens with zero attached hydrogens (tertiary/aromatic N) is 2. The molecule has 1 aliphatic carbocycles. The van der Waals surface area contributed by atoms with E-state index in [2.05, 4.69) is 30.4 Å². The van der Waals surface area contributed by atoms with Gasteiger partial charge < -0.3 is 5.32 Å². The first-order valence-electron chi connectivity index (χ1n) is 11.5. The molecule has 1 saturated carbocycles. The Morgan fingerprint density at radius 1 is 1.03 bits per heavy atom. The van der Waals surface area contributed by atoms with Gasteiger partial charge >= 0.3 is 0 Å². The molecule has 1 saturated heterocycles. The minimum absolute atomic E-state index is 0.242. The van der Waals surface area contributed by atoms with Crippen molar-refractivity contribution < 1.29 is 9.23 Å². The van der Waals surface area contributed by atoms with E-state index in [1.54, 1.807) is 12.1 Å². The van der Waals surface area contributed by atoms with Gasteiger partial charge in [-0.1, -0.05) is 43.5 Å². The second-order valence-electron chi connectivity index (χ2n) is 8.43. The molecule has 0 aromatic heterocycles. The molecule has 31 heavy (non-hydrogen) atoms. The van der Waals surface area contributed by atoms with Gasteiger partial charge in [0.15, 0.2) is 0 Å². The van der Waals surface area contributed by atoms with Gasteiger partial charge in [0.25, 0.3) is 0 Å². The van der Waals surface area contributed by atoms with Crippen molar-refractivity contribution in [3.05, 3.63) is 71.6 Å². The van der Waals surface area contributed by atoms with E-state index in [1.807, 2.05) is 17.2 Å². The van der Waals surface area contributed by atoms with E-state index in [-0.39, 0.29) is 5.82 Å². The molecule has 2 fully saturated rings. The normalized spacial score (nSPS) is 18.8. The Morgan fingerprint density at radius 3 is 2.52 bits per heavy atom. The van der Waals surface area contributed by atoms with Crippen LogP contribution in [0.3, 0.4) is 0 Å². The minimum atomic E-state index is -0.242. The number of hydrogen-bond donors (Lipinski definition) is 1. The van der Waals surface area contributed by atoms with Crippen molar-refractivity contribution in [2.75, 3.05) is 18.5 Å². The van der Waals surface area contributed by atoms with Gasteiger partial charge in [0, 0.05) is 29.6 Å². The summed E-state index contributed by atoms with van der Waals surface area (Å²) in [6.45, 7) is 3.67. The molecule has 0 bridgehead atoms. The molecule has 2 aromatic carbocycles. The van der Waals surface area contributed by atoms with Gasteiger partial charge in [-0.3, -0.25) is 9.83 Å². The van der Waals surface area contributed by atoms with E-state index >= 15 is 0 Å². The first-order chi connectivity index (χ1) is 15.2. The monoisotopic (exact) mass is 421 g/mol. The average Bonchev–Trinajstić information content (AvgIpc) is 2.81. The van der Waals surface area contributed by atoms with Crippen LogP contribution < -0.4 is 5.32 Å². The number of aryl methyl sites for hydroxylation is 1. The number of halogens is 1. The van der Waals surface area contributed by atoms with E-state index in [0.717, 1.165) is 61.6 Å². The first kappa shape index (κ1) is 21.6. The highest BCUT2D eigenvalue weighted by Gasteiger charge is 2.20. The fraction of sp³-hybridized carbons (Fsp3) is 0.423. The quantitative estimate of drug-likeness (QED) is 0.452. The van der Waals surface area contributed by atoms with E-state index in [0.29, 0.717) is 6.04 Å². The average molecular weight is 422 g/mol. The predicted octanol–water partition coefficient (Wildman–Crippen LogP) is 6.35. The highest BCUT2D eigenvalue weighted by Crippen LogP contribution is 2.25. The molecule has 0 radical (unpaired) electrons. The zero-order valence-corrected chi connectivity index (χ0v) is 18.3. The van der Waals surface area contributed by atoms with E-state index in [4.69, 9.17) is 9.83 Å². The highest BCUT2D eigenvalue weighted by atomic mass is 19.1. The molecule has 0 spiro atoms. The molecule has 1 N–H and O–H groups in total. The molecule has 0 atom stereocenters. The highest BCUT2D eigenvalue weighted by molar-refractivity contribution is 6.01. The molecule has 5 heteroatoms. The van der Waals surface area contributed by atoms with E-state index < -0.39 is 0 Å². The fourth-order valence-electron chi connectivity index (χ4n) is 4.22. The maximum absolute atomic E-state index is 13.4. The van der Waals surface area contributed by atoms with Gasteiger partial charge in [0.1, 0.15) is 11.7 Å². The third-order valence-electron chi connectivity index (χ3n) is 5.98. The summed E-state index contributed by atoms with van der Waals surface area (Å²) in [6.07, 6.45) is 10.3. The molecule has 4 rings (SSSR count). The lowest BCUT2D eigenvalue weighted by Gasteiger charge is -2.30. The zero-order valence-electron chi connectivity index (χ0n) is 18.3. The second-order valence-corrected chi connectivity index (χ2v) is 8.43. The van der Waals surface area contributed by atoms with Crippen molar-refractivity contribution in [3.63, 3.8) is 0 Å². The third-order valence-corrected chi connectivity index (χ3v) is 5.98. The van der Waals surface area contributed by atoms with Crippen LogP contribution in [0.2, 0.25) is 0 Å². The van der Waals surface area contributed by atoms with Crippen LogP contribution in [-0.2, 0) is 4.84 Å². The van der Waals surface area contributed by atoms with E-state index in [9.17, 15) is 4.39 Å². The summed E-state index contributed by atoms with van der Waals surface area (Å²) in [4.78, 5) is 11.1. The van der Waals surface area contributed by atoms with Crippen molar-refractivity contribution in [2.45, 2.75) is 57.9 Å². The Kier molecular flexibility index (Phi) is 7.36. The largest absolute Gasteiger partial charge is 0.355 e. The van der Waals surface area contributed by atoms with Crippen LogP contribution in [0, 0.1) is 12.7 Å². The number of rotatable bonds is 5. The van der Waals surface area contributed by atoms with Crippen molar-refractivity contribution in [3.8, 4) is 0 Å². The summed E-state index contributed by atoms with van der Waals surface area (Å²) in [7, 11) is 0. The Morgan fingerprint density at radius 2 is 1.81 bits per heavy atom. The molecular weight excluding hydrogens is 389 g/mol. The van der Waals surface area contributed by atoms with Gasteiger partial charge in [-0.05, 0) is 62.4 Å². The number of anilines is 1. The second kappa shape index (κ2) is 10.6. The fourth-order valence-corrected chi connectivity index (χ4v) is 4.22. The molecule has 2 aliphatic rings. The van der Waals surface area contributed by atoms with Crippen LogP contribution in [0.5, 0.6) is 0 Å². The van der Waals surface area contributed by atoms with Crippen molar-refractivity contribution in [2.24, 2.45) is 4.99 Å². The van der Waals surface area contributed by atoms with Crippen molar-refractivity contribution in [1.82, 2.24) is 5.06 Å². The number of hydrogen-bond acceptors (Lipinski definition) is 3. The number of hydroxylamine groups is 2. The van der Waals surface area contributed by atoms with Crippen LogP contribution in [0.1, 0.15) is 56.1 Å². The third kappa shape index (κ3) is 5.95. The summed E-state index contributed by atoms with van der Waals surface area (Å²) in [5.74, 6) is 0.632. The Hall–Kier alpha value is -2.66. The SMILES string of the molecule is Cc1ccccc1/C(=C/C(=N/C1CCCCC1)N1CCCCO1)Nc1ccc(F)cc1. The van der Waals surface area contributed by atoms with Gasteiger partial charge in [0.05, 0.1) is 12.6 Å². The number of benzene rings is 2. The Balaban J connectivity index is 1.72. The lowest BCUT2D eigenvalue weighted by atomic mass is 9.96. The molecule has 1 heterocycles. The number of amidine groups is 1. The van der Waals surface area contributed by atoms with Gasteiger partial charge in [-0.2, -0.15) is 0 Å². The maximum Gasteiger partial charge on any atom is 0.150 e. The van der Waals surface area contributed by atoms with Gasteiger partial charge in [-0.25, -0.2) is 9.45 Å². The van der Waals surface area contributed by atoms with Crippen molar-refractivity contribution >= 4 is 17.2 Å². The summed E-state index contributed by atoms with van der Waals surface area (Å²) >= 11 is 0. The summed E-state index contributed by atoms with van der Waals surface area (Å²) < 4.78 is 13.4. The van der Waals surface area contributed by atoms with Gasteiger partial charge in [0.2, 0.25) is 0 Å². The molecule has 4 nitrogen and oxygen atoms in total. The predicted molar refractivity (Wildman–Crippen MR) is 125 cm³/mol. The minimum Gasteiger partial charge on any atom is -0.355 e. The summed E-state index contributed by atoms with van der Waals surface area (Å²) in [6, 6.07) is 15.1. The molecule has 0 amide bonds. The van der Waals surface area contributed by atoms with Gasteiger partial charge in [-0.15, -0.1) is 0 Å². The van der Waals surface area contributed by atoms with Crippen molar-refractivity contribution in [1.29, 1.82) is 0 Å². The lowest BCUT2D eigenvalue weighted by molar-refractivity contribution is -0.122.